The van der Waals surface area contributed by atoms with Crippen LogP contribution in [0.3, 0.4) is 0 Å². The second kappa shape index (κ2) is 6.58. The van der Waals surface area contributed by atoms with Crippen LogP contribution in [0.5, 0.6) is 0 Å². The molecule has 4 nitrogen and oxygen atoms in total. The van der Waals surface area contributed by atoms with Crippen LogP contribution in [0.15, 0.2) is 40.8 Å². The number of carbonyl (C=O) groups is 1. The van der Waals surface area contributed by atoms with Gasteiger partial charge in [0.05, 0.1) is 17.8 Å². The van der Waals surface area contributed by atoms with Gasteiger partial charge in [-0.05, 0) is 12.1 Å². The molecule has 0 aliphatic carbocycles. The maximum atomic E-state index is 11.5. The molecule has 19 heavy (non-hydrogen) atoms. The zero-order chi connectivity index (χ0) is 13.7. The molecule has 0 unspecified atom stereocenters. The third kappa shape index (κ3) is 4.25. The van der Waals surface area contributed by atoms with Gasteiger partial charge >= 0.3 is 5.97 Å². The first-order valence-corrected chi connectivity index (χ1v) is 7.17. The maximum absolute atomic E-state index is 11.5. The number of pyridine rings is 1. The molecule has 0 radical (unpaired) electrons. The molecular weight excluding hydrogens is 328 g/mol. The Balaban J connectivity index is 1.98. The van der Waals surface area contributed by atoms with E-state index in [-0.39, 0.29) is 19.0 Å². The Morgan fingerprint density at radius 1 is 1.47 bits per heavy atom. The van der Waals surface area contributed by atoms with Crippen molar-refractivity contribution >= 4 is 33.2 Å². The maximum Gasteiger partial charge on any atom is 0.312 e. The minimum Gasteiger partial charge on any atom is -0.460 e. The van der Waals surface area contributed by atoms with Crippen molar-refractivity contribution in [2.24, 2.45) is 0 Å². The molecule has 0 aliphatic heterocycles. The Kier molecular flexibility index (Phi) is 4.81. The fourth-order valence-corrected chi connectivity index (χ4v) is 2.26. The summed E-state index contributed by atoms with van der Waals surface area (Å²) in [6.45, 7) is 3.77. The average molecular weight is 339 g/mol. The van der Waals surface area contributed by atoms with Gasteiger partial charge in [0.2, 0.25) is 0 Å². The van der Waals surface area contributed by atoms with Crippen LogP contribution in [0.25, 0.3) is 10.7 Å². The summed E-state index contributed by atoms with van der Waals surface area (Å²) in [4.78, 5) is 20.1. The number of hydrogen-bond acceptors (Lipinski definition) is 5. The number of aromatic nitrogens is 2. The molecule has 0 aliphatic rings. The summed E-state index contributed by atoms with van der Waals surface area (Å²) in [5.74, 6) is -0.321. The third-order valence-corrected chi connectivity index (χ3v) is 3.29. The smallest absolute Gasteiger partial charge is 0.312 e. The zero-order valence-corrected chi connectivity index (χ0v) is 12.4. The molecule has 0 N–H and O–H groups in total. The highest BCUT2D eigenvalue weighted by Crippen LogP contribution is 2.21. The largest absolute Gasteiger partial charge is 0.460 e. The van der Waals surface area contributed by atoms with Gasteiger partial charge < -0.3 is 4.74 Å². The van der Waals surface area contributed by atoms with Crippen LogP contribution >= 0.6 is 27.3 Å². The number of hydrogen-bond donors (Lipinski definition) is 0. The Labute approximate surface area is 123 Å². The highest BCUT2D eigenvalue weighted by atomic mass is 79.9. The van der Waals surface area contributed by atoms with Crippen molar-refractivity contribution in [3.63, 3.8) is 0 Å². The fraction of sp³-hybridized carbons (Fsp3) is 0.154. The zero-order valence-electron chi connectivity index (χ0n) is 10.0. The summed E-state index contributed by atoms with van der Waals surface area (Å²) in [7, 11) is 0. The number of nitrogens with zero attached hydrogens (tertiary/aromatic N) is 2. The molecule has 2 heterocycles. The standard InChI is InChI=1S/C13H11BrN2O2S/c1-9(14)7-18-12(17)6-10-8-19-13(16-10)11-4-2-3-5-15-11/h2-5,8H,1,6-7H2. The predicted octanol–water partition coefficient (Wildman–Crippen LogP) is 3.20. The molecule has 6 heteroatoms. The van der Waals surface area contributed by atoms with Gasteiger partial charge in [-0.1, -0.05) is 28.6 Å². The Hall–Kier alpha value is -1.53. The number of rotatable bonds is 5. The number of esters is 1. The van der Waals surface area contributed by atoms with Crippen molar-refractivity contribution in [3.8, 4) is 10.7 Å². The highest BCUT2D eigenvalue weighted by Gasteiger charge is 2.10. The summed E-state index contributed by atoms with van der Waals surface area (Å²) in [6.07, 6.45) is 1.87. The molecule has 0 fully saturated rings. The predicted molar refractivity (Wildman–Crippen MR) is 78.1 cm³/mol. The van der Waals surface area contributed by atoms with Crippen molar-refractivity contribution in [2.75, 3.05) is 6.61 Å². The van der Waals surface area contributed by atoms with Gasteiger partial charge in [-0.2, -0.15) is 0 Å². The summed E-state index contributed by atoms with van der Waals surface area (Å²) in [5.41, 5.74) is 1.50. The van der Waals surface area contributed by atoms with E-state index in [0.29, 0.717) is 10.2 Å². The molecule has 0 saturated carbocycles. The minimum atomic E-state index is -0.321. The van der Waals surface area contributed by atoms with Crippen LogP contribution in [0.4, 0.5) is 0 Å². The van der Waals surface area contributed by atoms with E-state index < -0.39 is 0 Å². The summed E-state index contributed by atoms with van der Waals surface area (Å²) < 4.78 is 5.62. The first kappa shape index (κ1) is 13.9. The lowest BCUT2D eigenvalue weighted by molar-refractivity contribution is -0.141. The normalized spacial score (nSPS) is 10.2. The quantitative estimate of drug-likeness (QED) is 0.785. The van der Waals surface area contributed by atoms with E-state index in [1.54, 1.807) is 6.20 Å². The molecule has 2 rings (SSSR count). The lowest BCUT2D eigenvalue weighted by Gasteiger charge is -2.01. The van der Waals surface area contributed by atoms with Crippen molar-refractivity contribution in [1.82, 2.24) is 9.97 Å². The Bertz CT molecular complexity index is 583. The van der Waals surface area contributed by atoms with Gasteiger partial charge in [0.15, 0.2) is 0 Å². The van der Waals surface area contributed by atoms with E-state index in [9.17, 15) is 4.79 Å². The molecule has 2 aromatic heterocycles. The molecule has 0 atom stereocenters. The van der Waals surface area contributed by atoms with Crippen LogP contribution in [0.2, 0.25) is 0 Å². The number of carbonyl (C=O) groups excluding carboxylic acids is 1. The first-order valence-electron chi connectivity index (χ1n) is 5.50. The number of thiazole rings is 1. The van der Waals surface area contributed by atoms with Crippen molar-refractivity contribution in [2.45, 2.75) is 6.42 Å². The van der Waals surface area contributed by atoms with E-state index in [1.807, 2.05) is 23.6 Å². The van der Waals surface area contributed by atoms with E-state index in [2.05, 4.69) is 32.5 Å². The van der Waals surface area contributed by atoms with E-state index in [0.717, 1.165) is 10.7 Å². The number of ether oxygens (including phenoxy) is 1. The van der Waals surface area contributed by atoms with Gasteiger partial charge in [-0.3, -0.25) is 9.78 Å². The van der Waals surface area contributed by atoms with Gasteiger partial charge in [0.1, 0.15) is 11.6 Å². The molecule has 0 spiro atoms. The molecule has 2 aromatic rings. The Morgan fingerprint density at radius 2 is 2.32 bits per heavy atom. The molecule has 0 aromatic carbocycles. The van der Waals surface area contributed by atoms with Crippen LogP contribution < -0.4 is 0 Å². The topological polar surface area (TPSA) is 52.1 Å². The molecular formula is C13H11BrN2O2S. The number of halogens is 1. The van der Waals surface area contributed by atoms with Crippen LogP contribution in [0, 0.1) is 0 Å². The first-order chi connectivity index (χ1) is 9.15. The van der Waals surface area contributed by atoms with E-state index in [4.69, 9.17) is 4.74 Å². The van der Waals surface area contributed by atoms with Gasteiger partial charge in [0.25, 0.3) is 0 Å². The third-order valence-electron chi connectivity index (χ3n) is 2.15. The van der Waals surface area contributed by atoms with Crippen molar-refractivity contribution in [3.05, 3.63) is 46.5 Å². The average Bonchev–Trinajstić information content (AvgIpc) is 2.86. The van der Waals surface area contributed by atoms with Crippen molar-refractivity contribution < 1.29 is 9.53 Å². The monoisotopic (exact) mass is 338 g/mol. The van der Waals surface area contributed by atoms with Gasteiger partial charge in [-0.25, -0.2) is 4.98 Å². The summed E-state index contributed by atoms with van der Waals surface area (Å²) in [6, 6.07) is 5.64. The van der Waals surface area contributed by atoms with Crippen LogP contribution in [-0.2, 0) is 16.0 Å². The Morgan fingerprint density at radius 3 is 3.00 bits per heavy atom. The fourth-order valence-electron chi connectivity index (χ4n) is 1.35. The lowest BCUT2D eigenvalue weighted by Crippen LogP contribution is -2.09. The summed E-state index contributed by atoms with van der Waals surface area (Å²) in [5, 5.41) is 2.64. The minimum absolute atomic E-state index is 0.156. The van der Waals surface area contributed by atoms with Gasteiger partial charge in [0, 0.05) is 16.1 Å². The second-order valence-corrected chi connectivity index (χ2v) is 5.69. The van der Waals surface area contributed by atoms with Crippen LogP contribution in [-0.4, -0.2) is 22.5 Å². The van der Waals surface area contributed by atoms with E-state index >= 15 is 0 Å². The summed E-state index contributed by atoms with van der Waals surface area (Å²) >= 11 is 4.59. The highest BCUT2D eigenvalue weighted by molar-refractivity contribution is 9.11. The molecule has 0 saturated heterocycles. The van der Waals surface area contributed by atoms with E-state index in [1.165, 1.54) is 11.3 Å². The second-order valence-electron chi connectivity index (χ2n) is 3.71. The molecule has 98 valence electrons. The molecule has 0 amide bonds. The SMILES string of the molecule is C=C(Br)COC(=O)Cc1csc(-c2ccccn2)n1. The van der Waals surface area contributed by atoms with Gasteiger partial charge in [-0.15, -0.1) is 11.3 Å². The molecule has 0 bridgehead atoms. The lowest BCUT2D eigenvalue weighted by atomic mass is 10.3. The van der Waals surface area contributed by atoms with Crippen LogP contribution in [0.1, 0.15) is 5.69 Å². The van der Waals surface area contributed by atoms with Crippen molar-refractivity contribution in [1.29, 1.82) is 0 Å².